The third-order valence-electron chi connectivity index (χ3n) is 4.44. The maximum atomic E-state index is 11.5. The lowest BCUT2D eigenvalue weighted by atomic mass is 10.0. The number of unbranched alkanes of at least 4 members (excludes halogenated alkanes) is 6. The van der Waals surface area contributed by atoms with Gasteiger partial charge in [0.15, 0.2) is 10.6 Å². The van der Waals surface area contributed by atoms with Gasteiger partial charge in [-0.05, 0) is 42.7 Å². The molecule has 148 valence electrons. The number of phenols is 1. The minimum absolute atomic E-state index is 0.114. The molecular formula is C21H28O5S. The van der Waals surface area contributed by atoms with Crippen LogP contribution < -0.4 is 4.74 Å². The molecule has 0 aromatic heterocycles. The molecule has 0 aliphatic rings. The van der Waals surface area contributed by atoms with Crippen LogP contribution >= 0.6 is 0 Å². The van der Waals surface area contributed by atoms with Crippen LogP contribution in [-0.4, -0.2) is 18.1 Å². The molecule has 2 rings (SSSR count). The molecule has 2 aromatic rings. The van der Waals surface area contributed by atoms with Crippen LogP contribution in [0.5, 0.6) is 17.2 Å². The fourth-order valence-corrected chi connectivity index (χ4v) is 3.68. The number of aryl methyl sites for hydroxylation is 1. The topological polar surface area (TPSA) is 83.8 Å². The van der Waals surface area contributed by atoms with E-state index in [0.717, 1.165) is 12.8 Å². The molecule has 0 spiro atoms. The van der Waals surface area contributed by atoms with Crippen molar-refractivity contribution < 1.29 is 22.8 Å². The molecule has 2 aromatic carbocycles. The average Bonchev–Trinajstić information content (AvgIpc) is 2.61. The Morgan fingerprint density at radius 1 is 0.889 bits per heavy atom. The standard InChI is InChI=1S/C21H28O5S/c1-2-3-4-5-6-7-8-10-17-13-15-18(16-14-17)26-20-12-9-11-19(22)21(20)27(23,24)25/h9,11-16,22H,2-8,10H2,1H3,(H,23,24,25). The number of aromatic hydroxyl groups is 1. The molecule has 0 bridgehead atoms. The Kier molecular flexibility index (Phi) is 8.13. The SMILES string of the molecule is CCCCCCCCCc1ccc(Oc2cccc(O)c2S(=O)(=O)O)cc1. The highest BCUT2D eigenvalue weighted by atomic mass is 32.2. The predicted molar refractivity (Wildman–Crippen MR) is 106 cm³/mol. The van der Waals surface area contributed by atoms with Crippen molar-refractivity contribution in [3.8, 4) is 17.2 Å². The molecule has 0 radical (unpaired) electrons. The summed E-state index contributed by atoms with van der Waals surface area (Å²) in [6.45, 7) is 2.22. The van der Waals surface area contributed by atoms with Gasteiger partial charge in [-0.2, -0.15) is 8.42 Å². The maximum Gasteiger partial charge on any atom is 0.301 e. The van der Waals surface area contributed by atoms with Gasteiger partial charge in [-0.3, -0.25) is 4.55 Å². The van der Waals surface area contributed by atoms with Crippen molar-refractivity contribution in [1.82, 2.24) is 0 Å². The number of hydrogen-bond donors (Lipinski definition) is 2. The van der Waals surface area contributed by atoms with Gasteiger partial charge < -0.3 is 9.84 Å². The number of phenolic OH excluding ortho intramolecular Hbond substituents is 1. The van der Waals surface area contributed by atoms with Gasteiger partial charge in [0.1, 0.15) is 11.5 Å². The Bertz CT molecular complexity index is 813. The van der Waals surface area contributed by atoms with E-state index in [0.29, 0.717) is 5.75 Å². The number of hydrogen-bond acceptors (Lipinski definition) is 4. The second-order valence-electron chi connectivity index (χ2n) is 6.70. The zero-order valence-corrected chi connectivity index (χ0v) is 16.5. The molecule has 0 saturated heterocycles. The molecule has 0 amide bonds. The van der Waals surface area contributed by atoms with Crippen molar-refractivity contribution in [3.63, 3.8) is 0 Å². The minimum Gasteiger partial charge on any atom is -0.506 e. The van der Waals surface area contributed by atoms with Crippen LogP contribution in [0.15, 0.2) is 47.4 Å². The molecule has 6 heteroatoms. The minimum atomic E-state index is -4.59. The van der Waals surface area contributed by atoms with E-state index in [4.69, 9.17) is 4.74 Å². The van der Waals surface area contributed by atoms with E-state index in [2.05, 4.69) is 6.92 Å². The number of benzene rings is 2. The Balaban J connectivity index is 1.91. The van der Waals surface area contributed by atoms with Crippen LogP contribution in [-0.2, 0) is 16.5 Å². The van der Waals surface area contributed by atoms with Crippen molar-refractivity contribution in [3.05, 3.63) is 48.0 Å². The summed E-state index contributed by atoms with van der Waals surface area (Å²) in [5.41, 5.74) is 1.20. The van der Waals surface area contributed by atoms with Gasteiger partial charge >= 0.3 is 10.1 Å². The fourth-order valence-electron chi connectivity index (χ4n) is 2.98. The summed E-state index contributed by atoms with van der Waals surface area (Å²) in [5.74, 6) is -0.225. The molecule has 0 heterocycles. The molecule has 5 nitrogen and oxygen atoms in total. The molecule has 0 atom stereocenters. The van der Waals surface area contributed by atoms with Gasteiger partial charge in [-0.1, -0.05) is 63.6 Å². The summed E-state index contributed by atoms with van der Waals surface area (Å²) < 4.78 is 37.8. The Labute approximate surface area is 161 Å². The van der Waals surface area contributed by atoms with Gasteiger partial charge in [0.05, 0.1) is 0 Å². The summed E-state index contributed by atoms with van der Waals surface area (Å²) in [5, 5.41) is 9.72. The highest BCUT2D eigenvalue weighted by Gasteiger charge is 2.22. The highest BCUT2D eigenvalue weighted by molar-refractivity contribution is 7.86. The van der Waals surface area contributed by atoms with Crippen molar-refractivity contribution in [2.75, 3.05) is 0 Å². The molecule has 2 N–H and O–H groups in total. The first-order valence-corrected chi connectivity index (χ1v) is 10.9. The van der Waals surface area contributed by atoms with Crippen LogP contribution in [0, 0.1) is 0 Å². The second-order valence-corrected chi connectivity index (χ2v) is 8.06. The first kappa shape index (κ1) is 21.3. The lowest BCUT2D eigenvalue weighted by Crippen LogP contribution is -2.01. The van der Waals surface area contributed by atoms with E-state index < -0.39 is 20.8 Å². The molecule has 0 fully saturated rings. The molecule has 0 aliphatic carbocycles. The van der Waals surface area contributed by atoms with E-state index in [1.54, 1.807) is 12.1 Å². The summed E-state index contributed by atoms with van der Waals surface area (Å²) in [6, 6.07) is 11.4. The van der Waals surface area contributed by atoms with E-state index in [9.17, 15) is 18.1 Å². The molecule has 0 saturated carbocycles. The zero-order chi connectivity index (χ0) is 19.7. The van der Waals surface area contributed by atoms with Crippen LogP contribution in [0.3, 0.4) is 0 Å². The highest BCUT2D eigenvalue weighted by Crippen LogP contribution is 2.35. The van der Waals surface area contributed by atoms with E-state index in [1.807, 2.05) is 12.1 Å². The Hall–Kier alpha value is -2.05. The van der Waals surface area contributed by atoms with Crippen LogP contribution in [0.4, 0.5) is 0 Å². The van der Waals surface area contributed by atoms with Gasteiger partial charge in [0, 0.05) is 0 Å². The maximum absolute atomic E-state index is 11.5. The monoisotopic (exact) mass is 392 g/mol. The first-order chi connectivity index (χ1) is 12.9. The first-order valence-electron chi connectivity index (χ1n) is 9.48. The number of ether oxygens (including phenoxy) is 1. The van der Waals surface area contributed by atoms with Crippen LogP contribution in [0.1, 0.15) is 57.4 Å². The Morgan fingerprint density at radius 3 is 2.15 bits per heavy atom. The fraction of sp³-hybridized carbons (Fsp3) is 0.429. The smallest absolute Gasteiger partial charge is 0.301 e. The molecule has 0 aliphatic heterocycles. The lowest BCUT2D eigenvalue weighted by Gasteiger charge is -2.11. The van der Waals surface area contributed by atoms with Gasteiger partial charge in [0.2, 0.25) is 0 Å². The number of rotatable bonds is 11. The van der Waals surface area contributed by atoms with Gasteiger partial charge in [-0.15, -0.1) is 0 Å². The summed E-state index contributed by atoms with van der Waals surface area (Å²) in [4.78, 5) is -0.628. The average molecular weight is 393 g/mol. The summed E-state index contributed by atoms with van der Waals surface area (Å²) >= 11 is 0. The molecule has 27 heavy (non-hydrogen) atoms. The molecule has 0 unspecified atom stereocenters. The predicted octanol–water partition coefficient (Wildman–Crippen LogP) is 5.72. The van der Waals surface area contributed by atoms with Gasteiger partial charge in [-0.25, -0.2) is 0 Å². The third-order valence-corrected chi connectivity index (χ3v) is 5.36. The van der Waals surface area contributed by atoms with Crippen molar-refractivity contribution in [2.45, 2.75) is 63.2 Å². The molecular weight excluding hydrogens is 364 g/mol. The van der Waals surface area contributed by atoms with Crippen molar-refractivity contribution in [1.29, 1.82) is 0 Å². The van der Waals surface area contributed by atoms with E-state index in [-0.39, 0.29) is 5.75 Å². The Morgan fingerprint density at radius 2 is 1.52 bits per heavy atom. The second kappa shape index (κ2) is 10.3. The summed E-state index contributed by atoms with van der Waals surface area (Å²) in [6.07, 6.45) is 9.86. The van der Waals surface area contributed by atoms with Crippen molar-refractivity contribution in [2.24, 2.45) is 0 Å². The van der Waals surface area contributed by atoms with Crippen LogP contribution in [0.25, 0.3) is 0 Å². The van der Waals surface area contributed by atoms with E-state index >= 15 is 0 Å². The van der Waals surface area contributed by atoms with E-state index in [1.165, 1.54) is 62.3 Å². The summed E-state index contributed by atoms with van der Waals surface area (Å²) in [7, 11) is -4.59. The van der Waals surface area contributed by atoms with Crippen LogP contribution in [0.2, 0.25) is 0 Å². The van der Waals surface area contributed by atoms with Gasteiger partial charge in [0.25, 0.3) is 0 Å². The largest absolute Gasteiger partial charge is 0.506 e. The zero-order valence-electron chi connectivity index (χ0n) is 15.7. The third kappa shape index (κ3) is 6.88. The normalized spacial score (nSPS) is 11.5. The quantitative estimate of drug-likeness (QED) is 0.377. The lowest BCUT2D eigenvalue weighted by molar-refractivity contribution is 0.415. The van der Waals surface area contributed by atoms with Crippen molar-refractivity contribution >= 4 is 10.1 Å².